The third kappa shape index (κ3) is 2.42. The maximum Gasteiger partial charge on any atom is 0.305 e. The van der Waals surface area contributed by atoms with E-state index in [1.165, 1.54) is 0 Å². The second-order valence-electron chi connectivity index (χ2n) is 6.94. The molecule has 1 aliphatic heterocycles. The second-order valence-corrected chi connectivity index (χ2v) is 6.94. The van der Waals surface area contributed by atoms with Gasteiger partial charge in [-0.05, 0) is 11.8 Å². The van der Waals surface area contributed by atoms with Crippen LogP contribution in [0.1, 0.15) is 33.1 Å². The SMILES string of the molecule is C=C1CC(OC(=O)CC)C2C(=C)C(=O)NC2C2C(C)C(=O)CC12. The summed E-state index contributed by atoms with van der Waals surface area (Å²) in [6.45, 7) is 11.7. The Morgan fingerprint density at radius 1 is 1.30 bits per heavy atom. The minimum absolute atomic E-state index is 0.00790. The number of ether oxygens (including phenoxy) is 1. The number of amides is 1. The van der Waals surface area contributed by atoms with Gasteiger partial charge in [-0.2, -0.15) is 0 Å². The maximum atomic E-state index is 12.2. The monoisotopic (exact) mass is 317 g/mol. The molecule has 6 atom stereocenters. The molecule has 124 valence electrons. The van der Waals surface area contributed by atoms with Crippen molar-refractivity contribution in [1.29, 1.82) is 0 Å². The molecule has 1 amide bonds. The van der Waals surface area contributed by atoms with Crippen molar-refractivity contribution in [3.05, 3.63) is 24.3 Å². The van der Waals surface area contributed by atoms with Gasteiger partial charge >= 0.3 is 5.97 Å². The van der Waals surface area contributed by atoms with Gasteiger partial charge in [-0.25, -0.2) is 0 Å². The molecule has 0 aromatic rings. The van der Waals surface area contributed by atoms with Crippen LogP contribution in [0.4, 0.5) is 0 Å². The van der Waals surface area contributed by atoms with Crippen LogP contribution in [0, 0.1) is 23.7 Å². The number of esters is 1. The van der Waals surface area contributed by atoms with Crippen LogP contribution in [-0.4, -0.2) is 29.8 Å². The number of hydrogen-bond acceptors (Lipinski definition) is 4. The van der Waals surface area contributed by atoms with Gasteiger partial charge in [0, 0.05) is 42.7 Å². The standard InChI is InChI=1S/C18H23NO4/c1-5-14(21)23-13-6-8(2)11-7-12(20)9(3)15(11)17-16(13)10(4)18(22)19-17/h9,11,13,15-17H,2,4-7H2,1,3H3,(H,19,22). The van der Waals surface area contributed by atoms with E-state index in [4.69, 9.17) is 4.74 Å². The van der Waals surface area contributed by atoms with Crippen LogP contribution in [-0.2, 0) is 19.1 Å². The highest BCUT2D eigenvalue weighted by Crippen LogP contribution is 2.50. The Hall–Kier alpha value is -1.91. The average Bonchev–Trinajstić information content (AvgIpc) is 2.92. The summed E-state index contributed by atoms with van der Waals surface area (Å²) in [5.74, 6) is -0.625. The highest BCUT2D eigenvalue weighted by atomic mass is 16.5. The van der Waals surface area contributed by atoms with Gasteiger partial charge < -0.3 is 10.1 Å². The summed E-state index contributed by atoms with van der Waals surface area (Å²) in [5.41, 5.74) is 1.39. The Labute approximate surface area is 136 Å². The van der Waals surface area contributed by atoms with E-state index in [1.54, 1.807) is 6.92 Å². The summed E-state index contributed by atoms with van der Waals surface area (Å²) < 4.78 is 5.61. The van der Waals surface area contributed by atoms with Crippen LogP contribution in [0.2, 0.25) is 0 Å². The van der Waals surface area contributed by atoms with Crippen molar-refractivity contribution in [1.82, 2.24) is 5.32 Å². The highest BCUT2D eigenvalue weighted by Gasteiger charge is 2.56. The lowest BCUT2D eigenvalue weighted by atomic mass is 9.78. The van der Waals surface area contributed by atoms with E-state index in [9.17, 15) is 14.4 Å². The summed E-state index contributed by atoms with van der Waals surface area (Å²) in [5, 5.41) is 2.99. The van der Waals surface area contributed by atoms with Crippen LogP contribution in [0.3, 0.4) is 0 Å². The lowest BCUT2D eigenvalue weighted by Gasteiger charge is -2.30. The van der Waals surface area contributed by atoms with Gasteiger partial charge in [-0.1, -0.05) is 32.6 Å². The largest absolute Gasteiger partial charge is 0.461 e. The van der Waals surface area contributed by atoms with Crippen molar-refractivity contribution >= 4 is 17.7 Å². The summed E-state index contributed by atoms with van der Waals surface area (Å²) in [7, 11) is 0. The Kier molecular flexibility index (Phi) is 3.90. The van der Waals surface area contributed by atoms with E-state index >= 15 is 0 Å². The fraction of sp³-hybridized carbons (Fsp3) is 0.611. The van der Waals surface area contributed by atoms with Crippen LogP contribution in [0.25, 0.3) is 0 Å². The lowest BCUT2D eigenvalue weighted by Crippen LogP contribution is -2.43. The van der Waals surface area contributed by atoms with E-state index < -0.39 is 6.10 Å². The van der Waals surface area contributed by atoms with Crippen molar-refractivity contribution in [2.45, 2.75) is 45.3 Å². The third-order valence-corrected chi connectivity index (χ3v) is 5.72. The predicted octanol–water partition coefficient (Wildman–Crippen LogP) is 1.78. The first kappa shape index (κ1) is 16.0. The minimum Gasteiger partial charge on any atom is -0.461 e. The number of nitrogens with one attached hydrogen (secondary N) is 1. The zero-order chi connectivity index (χ0) is 16.9. The number of carbonyl (C=O) groups is 3. The average molecular weight is 317 g/mol. The normalized spacial score (nSPS) is 39.6. The molecule has 0 radical (unpaired) electrons. The summed E-state index contributed by atoms with van der Waals surface area (Å²) in [4.78, 5) is 36.1. The molecule has 1 heterocycles. The predicted molar refractivity (Wildman–Crippen MR) is 84.3 cm³/mol. The number of carbonyl (C=O) groups excluding carboxylic acids is 3. The fourth-order valence-electron chi connectivity index (χ4n) is 4.48. The van der Waals surface area contributed by atoms with E-state index in [0.717, 1.165) is 5.57 Å². The summed E-state index contributed by atoms with van der Waals surface area (Å²) in [6.07, 6.45) is 0.808. The fourth-order valence-corrected chi connectivity index (χ4v) is 4.48. The number of hydrogen-bond donors (Lipinski definition) is 1. The molecule has 5 nitrogen and oxygen atoms in total. The first-order valence-corrected chi connectivity index (χ1v) is 8.24. The number of Topliss-reactive ketones (excluding diaryl/α,β-unsaturated/α-hetero) is 1. The number of ketones is 1. The Morgan fingerprint density at radius 2 is 2.00 bits per heavy atom. The molecule has 0 spiro atoms. The highest BCUT2D eigenvalue weighted by molar-refractivity contribution is 5.97. The van der Waals surface area contributed by atoms with Crippen molar-refractivity contribution in [3.63, 3.8) is 0 Å². The maximum absolute atomic E-state index is 12.2. The van der Waals surface area contributed by atoms with Crippen LogP contribution >= 0.6 is 0 Å². The van der Waals surface area contributed by atoms with Gasteiger partial charge in [0.1, 0.15) is 11.9 Å². The van der Waals surface area contributed by atoms with Crippen molar-refractivity contribution in [3.8, 4) is 0 Å². The lowest BCUT2D eigenvalue weighted by molar-refractivity contribution is -0.151. The van der Waals surface area contributed by atoms with E-state index in [0.29, 0.717) is 18.4 Å². The van der Waals surface area contributed by atoms with Gasteiger partial charge in [0.05, 0.1) is 0 Å². The molecule has 1 N–H and O–H groups in total. The molecule has 0 bridgehead atoms. The van der Waals surface area contributed by atoms with Crippen LogP contribution in [0.5, 0.6) is 0 Å². The topological polar surface area (TPSA) is 72.5 Å². The third-order valence-electron chi connectivity index (χ3n) is 5.72. The molecule has 1 saturated heterocycles. The zero-order valence-electron chi connectivity index (χ0n) is 13.6. The van der Waals surface area contributed by atoms with E-state index in [1.807, 2.05) is 6.92 Å². The first-order valence-electron chi connectivity index (χ1n) is 8.24. The summed E-state index contributed by atoms with van der Waals surface area (Å²) >= 11 is 0. The van der Waals surface area contributed by atoms with Gasteiger partial charge in [0.25, 0.3) is 0 Å². The molecule has 3 aliphatic rings. The molecular formula is C18H23NO4. The Morgan fingerprint density at radius 3 is 2.65 bits per heavy atom. The van der Waals surface area contributed by atoms with E-state index in [2.05, 4.69) is 18.5 Å². The first-order chi connectivity index (χ1) is 10.8. The zero-order valence-corrected chi connectivity index (χ0v) is 13.6. The van der Waals surface area contributed by atoms with Gasteiger partial charge in [0.15, 0.2) is 0 Å². The minimum atomic E-state index is -0.431. The Bertz CT molecular complexity index is 608. The molecule has 2 aliphatic carbocycles. The van der Waals surface area contributed by atoms with Crippen LogP contribution < -0.4 is 5.32 Å². The molecule has 5 heteroatoms. The van der Waals surface area contributed by atoms with Crippen molar-refractivity contribution in [2.24, 2.45) is 23.7 Å². The molecule has 23 heavy (non-hydrogen) atoms. The molecule has 0 aromatic heterocycles. The molecular weight excluding hydrogens is 294 g/mol. The molecule has 0 aromatic carbocycles. The summed E-state index contributed by atoms with van der Waals surface area (Å²) in [6, 6.07) is -0.213. The van der Waals surface area contributed by atoms with Gasteiger partial charge in [-0.15, -0.1) is 0 Å². The van der Waals surface area contributed by atoms with Gasteiger partial charge in [0.2, 0.25) is 5.91 Å². The van der Waals surface area contributed by atoms with Crippen LogP contribution in [0.15, 0.2) is 24.3 Å². The van der Waals surface area contributed by atoms with Crippen molar-refractivity contribution in [2.75, 3.05) is 0 Å². The molecule has 3 rings (SSSR count). The van der Waals surface area contributed by atoms with Crippen molar-refractivity contribution < 1.29 is 19.1 Å². The number of fused-ring (bicyclic) bond motifs is 3. The quantitative estimate of drug-likeness (QED) is 0.479. The second kappa shape index (κ2) is 5.62. The molecule has 2 saturated carbocycles. The molecule has 3 fully saturated rings. The molecule has 6 unspecified atom stereocenters. The Balaban J connectivity index is 2.00. The van der Waals surface area contributed by atoms with E-state index in [-0.39, 0.29) is 53.8 Å². The smallest absolute Gasteiger partial charge is 0.305 e. The number of rotatable bonds is 2. The van der Waals surface area contributed by atoms with Gasteiger partial charge in [-0.3, -0.25) is 14.4 Å².